The highest BCUT2D eigenvalue weighted by atomic mass is 32.2. The summed E-state index contributed by atoms with van der Waals surface area (Å²) < 4.78 is 7.83. The number of ether oxygens (including phenoxy) is 1. The SMILES string of the molecule is Cc1cccc(OCCn2c(SCC(=O)O)nc3ccccc32)c1. The Morgan fingerprint density at radius 1 is 1.25 bits per heavy atom. The lowest BCUT2D eigenvalue weighted by Crippen LogP contribution is -2.10. The van der Waals surface area contributed by atoms with Crippen LogP contribution in [0, 0.1) is 6.92 Å². The van der Waals surface area contributed by atoms with Crippen LogP contribution in [0.2, 0.25) is 0 Å². The van der Waals surface area contributed by atoms with Gasteiger partial charge in [0.05, 0.1) is 23.3 Å². The van der Waals surface area contributed by atoms with Crippen molar-refractivity contribution in [3.8, 4) is 5.75 Å². The normalized spacial score (nSPS) is 10.9. The summed E-state index contributed by atoms with van der Waals surface area (Å²) in [5, 5.41) is 9.61. The number of carboxylic acids is 1. The quantitative estimate of drug-likeness (QED) is 0.665. The van der Waals surface area contributed by atoms with Crippen LogP contribution in [0.15, 0.2) is 53.7 Å². The van der Waals surface area contributed by atoms with Crippen LogP contribution in [-0.4, -0.2) is 33.0 Å². The first-order chi connectivity index (χ1) is 11.6. The summed E-state index contributed by atoms with van der Waals surface area (Å²) in [6.07, 6.45) is 0. The van der Waals surface area contributed by atoms with E-state index in [4.69, 9.17) is 9.84 Å². The zero-order valence-electron chi connectivity index (χ0n) is 13.3. The first-order valence-corrected chi connectivity index (χ1v) is 8.61. The van der Waals surface area contributed by atoms with E-state index in [1.54, 1.807) is 0 Å². The van der Waals surface area contributed by atoms with E-state index in [1.165, 1.54) is 11.8 Å². The van der Waals surface area contributed by atoms with Crippen LogP contribution in [0.5, 0.6) is 5.75 Å². The number of aryl methyl sites for hydroxylation is 1. The Bertz CT molecular complexity index is 860. The van der Waals surface area contributed by atoms with Gasteiger partial charge in [-0.1, -0.05) is 36.0 Å². The van der Waals surface area contributed by atoms with Gasteiger partial charge in [-0.25, -0.2) is 4.98 Å². The number of fused-ring (bicyclic) bond motifs is 1. The second-order valence-corrected chi connectivity index (χ2v) is 6.32. The van der Waals surface area contributed by atoms with Crippen molar-refractivity contribution in [1.82, 2.24) is 9.55 Å². The van der Waals surface area contributed by atoms with Crippen molar-refractivity contribution < 1.29 is 14.6 Å². The molecule has 0 spiro atoms. The lowest BCUT2D eigenvalue weighted by Gasteiger charge is -2.10. The summed E-state index contributed by atoms with van der Waals surface area (Å²) in [7, 11) is 0. The van der Waals surface area contributed by atoms with E-state index in [0.717, 1.165) is 22.3 Å². The number of nitrogens with zero attached hydrogens (tertiary/aromatic N) is 2. The number of carboxylic acid groups (broad SMARTS) is 1. The van der Waals surface area contributed by atoms with Gasteiger partial charge in [0.1, 0.15) is 12.4 Å². The molecule has 0 aliphatic heterocycles. The Morgan fingerprint density at radius 3 is 2.88 bits per heavy atom. The zero-order valence-corrected chi connectivity index (χ0v) is 14.1. The van der Waals surface area contributed by atoms with Crippen molar-refractivity contribution in [2.75, 3.05) is 12.4 Å². The van der Waals surface area contributed by atoms with Crippen LogP contribution in [0.1, 0.15) is 5.56 Å². The number of rotatable bonds is 7. The Hall–Kier alpha value is -2.47. The molecule has 5 nitrogen and oxygen atoms in total. The van der Waals surface area contributed by atoms with E-state index < -0.39 is 5.97 Å². The molecule has 2 aromatic carbocycles. The van der Waals surface area contributed by atoms with Crippen LogP contribution in [-0.2, 0) is 11.3 Å². The number of imidazole rings is 1. The Kier molecular flexibility index (Phi) is 5.05. The van der Waals surface area contributed by atoms with Gasteiger partial charge in [0, 0.05) is 0 Å². The maximum absolute atomic E-state index is 10.8. The van der Waals surface area contributed by atoms with Crippen LogP contribution in [0.25, 0.3) is 11.0 Å². The molecule has 0 atom stereocenters. The van der Waals surface area contributed by atoms with Crippen molar-refractivity contribution in [2.45, 2.75) is 18.6 Å². The molecule has 24 heavy (non-hydrogen) atoms. The number of carbonyl (C=O) groups is 1. The number of hydrogen-bond donors (Lipinski definition) is 1. The number of aromatic nitrogens is 2. The number of hydrogen-bond acceptors (Lipinski definition) is 4. The molecule has 0 saturated carbocycles. The van der Waals surface area contributed by atoms with Crippen LogP contribution in [0.3, 0.4) is 0 Å². The zero-order chi connectivity index (χ0) is 16.9. The number of benzene rings is 2. The van der Waals surface area contributed by atoms with Gasteiger partial charge in [-0.2, -0.15) is 0 Å². The molecule has 0 unspecified atom stereocenters. The second-order valence-electron chi connectivity index (χ2n) is 5.38. The topological polar surface area (TPSA) is 64.3 Å². The van der Waals surface area contributed by atoms with E-state index in [0.29, 0.717) is 18.3 Å². The number of thioether (sulfide) groups is 1. The van der Waals surface area contributed by atoms with E-state index >= 15 is 0 Å². The summed E-state index contributed by atoms with van der Waals surface area (Å²) in [6, 6.07) is 15.7. The molecule has 0 radical (unpaired) electrons. The molecule has 1 heterocycles. The van der Waals surface area contributed by atoms with Gasteiger partial charge < -0.3 is 14.4 Å². The predicted octanol–water partition coefficient (Wildman–Crippen LogP) is 3.60. The minimum atomic E-state index is -0.852. The highest BCUT2D eigenvalue weighted by molar-refractivity contribution is 7.99. The third kappa shape index (κ3) is 3.89. The lowest BCUT2D eigenvalue weighted by atomic mass is 10.2. The standard InChI is InChI=1S/C18H18N2O3S/c1-13-5-4-6-14(11-13)23-10-9-20-16-8-3-2-7-15(16)19-18(20)24-12-17(21)22/h2-8,11H,9-10,12H2,1H3,(H,21,22). The predicted molar refractivity (Wildman–Crippen MR) is 94.8 cm³/mol. The second kappa shape index (κ2) is 7.40. The van der Waals surface area contributed by atoms with Crippen molar-refractivity contribution in [2.24, 2.45) is 0 Å². The third-order valence-corrected chi connectivity index (χ3v) is 4.48. The molecule has 0 fully saturated rings. The van der Waals surface area contributed by atoms with Crippen molar-refractivity contribution in [3.05, 3.63) is 54.1 Å². The molecule has 1 aromatic heterocycles. The minimum Gasteiger partial charge on any atom is -0.492 e. The minimum absolute atomic E-state index is 0.0118. The van der Waals surface area contributed by atoms with E-state index in [1.807, 2.05) is 60.0 Å². The number of para-hydroxylation sites is 2. The van der Waals surface area contributed by atoms with Crippen molar-refractivity contribution >= 4 is 28.8 Å². The van der Waals surface area contributed by atoms with Gasteiger partial charge in [-0.3, -0.25) is 4.79 Å². The molecule has 0 aliphatic carbocycles. The van der Waals surface area contributed by atoms with E-state index in [9.17, 15) is 4.79 Å². The Labute approximate surface area is 144 Å². The van der Waals surface area contributed by atoms with Crippen molar-refractivity contribution in [3.63, 3.8) is 0 Å². The summed E-state index contributed by atoms with van der Waals surface area (Å²) in [4.78, 5) is 15.4. The summed E-state index contributed by atoms with van der Waals surface area (Å²) >= 11 is 1.23. The molecular weight excluding hydrogens is 324 g/mol. The number of aliphatic carboxylic acids is 1. The van der Waals surface area contributed by atoms with E-state index in [-0.39, 0.29) is 5.75 Å². The molecule has 3 rings (SSSR count). The lowest BCUT2D eigenvalue weighted by molar-refractivity contribution is -0.133. The maximum Gasteiger partial charge on any atom is 0.313 e. The first-order valence-electron chi connectivity index (χ1n) is 7.63. The fourth-order valence-electron chi connectivity index (χ4n) is 2.47. The summed E-state index contributed by atoms with van der Waals surface area (Å²) in [5.41, 5.74) is 3.00. The maximum atomic E-state index is 10.8. The molecule has 0 amide bonds. The molecule has 0 saturated heterocycles. The molecule has 0 aliphatic rings. The summed E-state index contributed by atoms with van der Waals surface area (Å²) in [5.74, 6) is -0.0315. The van der Waals surface area contributed by atoms with E-state index in [2.05, 4.69) is 4.98 Å². The summed E-state index contributed by atoms with van der Waals surface area (Å²) in [6.45, 7) is 3.12. The molecule has 6 heteroatoms. The molecule has 1 N–H and O–H groups in total. The Balaban J connectivity index is 1.76. The van der Waals surface area contributed by atoms with Crippen LogP contribution < -0.4 is 4.74 Å². The molecule has 124 valence electrons. The first kappa shape index (κ1) is 16.4. The van der Waals surface area contributed by atoms with Gasteiger partial charge in [0.2, 0.25) is 0 Å². The Morgan fingerprint density at radius 2 is 2.08 bits per heavy atom. The van der Waals surface area contributed by atoms with Gasteiger partial charge in [-0.15, -0.1) is 0 Å². The van der Waals surface area contributed by atoms with Gasteiger partial charge >= 0.3 is 5.97 Å². The average molecular weight is 342 g/mol. The van der Waals surface area contributed by atoms with Gasteiger partial charge in [-0.05, 0) is 36.8 Å². The third-order valence-electron chi connectivity index (χ3n) is 3.52. The fraction of sp³-hybridized carbons (Fsp3) is 0.222. The molecule has 0 bridgehead atoms. The molecule has 3 aromatic rings. The largest absolute Gasteiger partial charge is 0.492 e. The van der Waals surface area contributed by atoms with Crippen LogP contribution >= 0.6 is 11.8 Å². The average Bonchev–Trinajstić information content (AvgIpc) is 2.91. The fourth-order valence-corrected chi connectivity index (χ4v) is 3.23. The van der Waals surface area contributed by atoms with Gasteiger partial charge in [0.25, 0.3) is 0 Å². The van der Waals surface area contributed by atoms with Gasteiger partial charge in [0.15, 0.2) is 5.16 Å². The smallest absolute Gasteiger partial charge is 0.313 e. The monoisotopic (exact) mass is 342 g/mol. The van der Waals surface area contributed by atoms with Crippen LogP contribution in [0.4, 0.5) is 0 Å². The molecular formula is C18H18N2O3S. The van der Waals surface area contributed by atoms with Crippen molar-refractivity contribution in [1.29, 1.82) is 0 Å². The highest BCUT2D eigenvalue weighted by Gasteiger charge is 2.12. The highest BCUT2D eigenvalue weighted by Crippen LogP contribution is 2.24.